The maximum atomic E-state index is 13.4. The number of alkyl halides is 2. The van der Waals surface area contributed by atoms with Crippen molar-refractivity contribution in [1.82, 2.24) is 4.90 Å². The second-order valence-corrected chi connectivity index (χ2v) is 5.61. The predicted molar refractivity (Wildman–Crippen MR) is 75.3 cm³/mol. The highest BCUT2D eigenvalue weighted by Gasteiger charge is 2.30. The predicted octanol–water partition coefficient (Wildman–Crippen LogP) is 4.34. The molecule has 1 amide bonds. The molecule has 0 aliphatic rings. The summed E-state index contributed by atoms with van der Waals surface area (Å²) >= 11 is 0. The maximum Gasteiger partial charge on any atom is 0.248 e. The Balaban J connectivity index is 4.53. The van der Waals surface area contributed by atoms with Crippen molar-refractivity contribution >= 4 is 5.91 Å². The third-order valence-electron chi connectivity index (χ3n) is 3.54. The van der Waals surface area contributed by atoms with Gasteiger partial charge >= 0.3 is 0 Å². The Hall–Kier alpha value is -0.670. The summed E-state index contributed by atoms with van der Waals surface area (Å²) in [6.07, 6.45) is 1.37. The molecule has 2 atom stereocenters. The molecule has 114 valence electrons. The van der Waals surface area contributed by atoms with Crippen molar-refractivity contribution < 1.29 is 13.6 Å². The molecular formula is C15H29F2NO. The van der Waals surface area contributed by atoms with Crippen molar-refractivity contribution in [2.45, 2.75) is 66.2 Å². The number of halogens is 2. The van der Waals surface area contributed by atoms with Crippen molar-refractivity contribution in [2.75, 3.05) is 13.1 Å². The lowest BCUT2D eigenvalue weighted by atomic mass is 9.99. The minimum atomic E-state index is -2.61. The van der Waals surface area contributed by atoms with E-state index in [4.69, 9.17) is 0 Å². The summed E-state index contributed by atoms with van der Waals surface area (Å²) in [5.74, 6) is -2.72. The van der Waals surface area contributed by atoms with Gasteiger partial charge in [-0.25, -0.2) is 8.78 Å². The lowest BCUT2D eigenvalue weighted by molar-refractivity contribution is -0.136. The highest BCUT2D eigenvalue weighted by atomic mass is 19.3. The molecule has 0 aromatic heterocycles. The first-order valence-electron chi connectivity index (χ1n) is 7.43. The van der Waals surface area contributed by atoms with Gasteiger partial charge in [0.1, 0.15) is 0 Å². The Morgan fingerprint density at radius 3 is 2.21 bits per heavy atom. The number of nitrogens with zero attached hydrogens (tertiary/aromatic N) is 1. The zero-order chi connectivity index (χ0) is 15.1. The summed E-state index contributed by atoms with van der Waals surface area (Å²) < 4.78 is 26.7. The Labute approximate surface area is 116 Å². The Kier molecular flexibility index (Phi) is 8.19. The van der Waals surface area contributed by atoms with Gasteiger partial charge in [0.2, 0.25) is 11.8 Å². The quantitative estimate of drug-likeness (QED) is 0.614. The van der Waals surface area contributed by atoms with Crippen LogP contribution in [0.3, 0.4) is 0 Å². The van der Waals surface area contributed by atoms with Crippen molar-refractivity contribution in [2.24, 2.45) is 11.8 Å². The number of hydrogen-bond acceptors (Lipinski definition) is 1. The van der Waals surface area contributed by atoms with Crippen LogP contribution < -0.4 is 0 Å². The van der Waals surface area contributed by atoms with Crippen LogP contribution in [0.5, 0.6) is 0 Å². The molecule has 0 spiro atoms. The van der Waals surface area contributed by atoms with Gasteiger partial charge in [0.25, 0.3) is 0 Å². The van der Waals surface area contributed by atoms with Crippen LogP contribution in [0.25, 0.3) is 0 Å². The molecule has 0 fully saturated rings. The first-order chi connectivity index (χ1) is 8.77. The number of carbonyl (C=O) groups is 1. The van der Waals surface area contributed by atoms with Crippen LogP contribution in [0.2, 0.25) is 0 Å². The summed E-state index contributed by atoms with van der Waals surface area (Å²) in [7, 11) is 0. The van der Waals surface area contributed by atoms with Gasteiger partial charge in [0, 0.05) is 31.8 Å². The van der Waals surface area contributed by atoms with Crippen molar-refractivity contribution in [3.8, 4) is 0 Å². The molecule has 0 saturated carbocycles. The van der Waals surface area contributed by atoms with Gasteiger partial charge in [-0.2, -0.15) is 0 Å². The molecule has 0 heterocycles. The molecule has 0 bridgehead atoms. The van der Waals surface area contributed by atoms with E-state index in [1.54, 1.807) is 11.8 Å². The van der Waals surface area contributed by atoms with E-state index < -0.39 is 5.92 Å². The number of hydrogen-bond donors (Lipinski definition) is 0. The minimum Gasteiger partial charge on any atom is -0.342 e. The highest BCUT2D eigenvalue weighted by molar-refractivity contribution is 5.78. The van der Waals surface area contributed by atoms with Gasteiger partial charge in [-0.15, -0.1) is 0 Å². The Morgan fingerprint density at radius 1 is 1.21 bits per heavy atom. The standard InChI is InChI=1S/C15H29F2NO/c1-6-9-18(14(19)13(5)7-2)11-12(4)10-15(16,17)8-3/h12-13H,6-11H2,1-5H3. The molecule has 0 aromatic carbocycles. The third-order valence-corrected chi connectivity index (χ3v) is 3.54. The SMILES string of the molecule is CCCN(CC(C)CC(F)(F)CC)C(=O)C(C)CC. The molecule has 0 N–H and O–H groups in total. The summed E-state index contributed by atoms with van der Waals surface area (Å²) in [4.78, 5) is 13.9. The van der Waals surface area contributed by atoms with Crippen molar-refractivity contribution in [3.05, 3.63) is 0 Å². The van der Waals surface area contributed by atoms with E-state index in [1.165, 1.54) is 6.92 Å². The average molecular weight is 277 g/mol. The lowest BCUT2D eigenvalue weighted by Crippen LogP contribution is -2.39. The largest absolute Gasteiger partial charge is 0.342 e. The summed E-state index contributed by atoms with van der Waals surface area (Å²) in [5, 5.41) is 0. The minimum absolute atomic E-state index is 0.0227. The average Bonchev–Trinajstić information content (AvgIpc) is 2.35. The van der Waals surface area contributed by atoms with E-state index >= 15 is 0 Å². The fraction of sp³-hybridized carbons (Fsp3) is 0.933. The van der Waals surface area contributed by atoms with Gasteiger partial charge in [-0.05, 0) is 18.8 Å². The Morgan fingerprint density at radius 2 is 1.79 bits per heavy atom. The van der Waals surface area contributed by atoms with E-state index in [0.717, 1.165) is 12.8 Å². The van der Waals surface area contributed by atoms with E-state index in [-0.39, 0.29) is 30.6 Å². The summed E-state index contributed by atoms with van der Waals surface area (Å²) in [6, 6.07) is 0. The van der Waals surface area contributed by atoms with Crippen LogP contribution in [0.1, 0.15) is 60.3 Å². The molecule has 0 aliphatic heterocycles. The van der Waals surface area contributed by atoms with Gasteiger partial charge in [-0.3, -0.25) is 4.79 Å². The topological polar surface area (TPSA) is 20.3 Å². The van der Waals surface area contributed by atoms with E-state index in [0.29, 0.717) is 13.1 Å². The number of amides is 1. The Bertz CT molecular complexity index is 269. The van der Waals surface area contributed by atoms with Crippen LogP contribution in [0.15, 0.2) is 0 Å². The molecular weight excluding hydrogens is 248 g/mol. The zero-order valence-corrected chi connectivity index (χ0v) is 13.0. The fourth-order valence-electron chi connectivity index (χ4n) is 2.14. The highest BCUT2D eigenvalue weighted by Crippen LogP contribution is 2.27. The van der Waals surface area contributed by atoms with Crippen LogP contribution in [0, 0.1) is 11.8 Å². The normalized spacial score (nSPS) is 15.1. The van der Waals surface area contributed by atoms with Crippen LogP contribution in [0.4, 0.5) is 8.78 Å². The first-order valence-corrected chi connectivity index (χ1v) is 7.43. The number of carbonyl (C=O) groups excluding carboxylic acids is 1. The van der Waals surface area contributed by atoms with Gasteiger partial charge in [0.05, 0.1) is 0 Å². The van der Waals surface area contributed by atoms with E-state index in [1.807, 2.05) is 20.8 Å². The molecule has 4 heteroatoms. The third kappa shape index (κ3) is 6.88. The molecule has 2 unspecified atom stereocenters. The molecule has 2 nitrogen and oxygen atoms in total. The second-order valence-electron chi connectivity index (χ2n) is 5.61. The van der Waals surface area contributed by atoms with Gasteiger partial charge < -0.3 is 4.90 Å². The van der Waals surface area contributed by atoms with Crippen molar-refractivity contribution in [3.63, 3.8) is 0 Å². The van der Waals surface area contributed by atoms with Gasteiger partial charge in [0.15, 0.2) is 0 Å². The smallest absolute Gasteiger partial charge is 0.248 e. The van der Waals surface area contributed by atoms with E-state index in [2.05, 4.69) is 0 Å². The molecule has 0 radical (unpaired) electrons. The van der Waals surface area contributed by atoms with Crippen LogP contribution >= 0.6 is 0 Å². The van der Waals surface area contributed by atoms with Crippen LogP contribution in [-0.2, 0) is 4.79 Å². The van der Waals surface area contributed by atoms with Gasteiger partial charge in [-0.1, -0.05) is 34.6 Å². The van der Waals surface area contributed by atoms with Crippen molar-refractivity contribution in [1.29, 1.82) is 0 Å². The molecule has 0 rings (SSSR count). The molecule has 0 aliphatic carbocycles. The maximum absolute atomic E-state index is 13.4. The molecule has 0 saturated heterocycles. The number of rotatable bonds is 9. The molecule has 19 heavy (non-hydrogen) atoms. The van der Waals surface area contributed by atoms with Crippen LogP contribution in [-0.4, -0.2) is 29.8 Å². The fourth-order valence-corrected chi connectivity index (χ4v) is 2.14. The second kappa shape index (κ2) is 8.49. The molecule has 0 aromatic rings. The lowest BCUT2D eigenvalue weighted by Gasteiger charge is -2.29. The monoisotopic (exact) mass is 277 g/mol. The zero-order valence-electron chi connectivity index (χ0n) is 13.0. The summed E-state index contributed by atoms with van der Waals surface area (Å²) in [6.45, 7) is 10.3. The first kappa shape index (κ1) is 18.3. The summed E-state index contributed by atoms with van der Waals surface area (Å²) in [5.41, 5.74) is 0. The van der Waals surface area contributed by atoms with E-state index in [9.17, 15) is 13.6 Å².